The lowest BCUT2D eigenvalue weighted by Crippen LogP contribution is -2.02. The lowest BCUT2D eigenvalue weighted by atomic mass is 9.90. The quantitative estimate of drug-likeness (QED) is 0.764. The fourth-order valence-corrected chi connectivity index (χ4v) is 3.07. The summed E-state index contributed by atoms with van der Waals surface area (Å²) >= 11 is 1.54. The summed E-state index contributed by atoms with van der Waals surface area (Å²) in [6, 6.07) is 8.67. The number of aromatic nitrogens is 1. The van der Waals surface area contributed by atoms with Crippen molar-refractivity contribution in [3.63, 3.8) is 0 Å². The molecule has 0 saturated carbocycles. The highest BCUT2D eigenvalue weighted by atomic mass is 32.1. The second-order valence-corrected chi connectivity index (χ2v) is 5.20. The van der Waals surface area contributed by atoms with Crippen molar-refractivity contribution < 1.29 is 0 Å². The van der Waals surface area contributed by atoms with Gasteiger partial charge in [-0.25, -0.2) is 4.98 Å². The lowest BCUT2D eigenvalue weighted by Gasteiger charge is -2.15. The van der Waals surface area contributed by atoms with Crippen molar-refractivity contribution in [1.29, 1.82) is 5.26 Å². The van der Waals surface area contributed by atoms with Crippen molar-refractivity contribution in [2.75, 3.05) is 0 Å². The molecule has 0 atom stereocenters. The zero-order valence-corrected chi connectivity index (χ0v) is 10.3. The average molecular weight is 240 g/mol. The van der Waals surface area contributed by atoms with E-state index in [0.29, 0.717) is 5.69 Å². The minimum Gasteiger partial charge on any atom is -0.225 e. The first-order valence-electron chi connectivity index (χ1n) is 5.84. The van der Waals surface area contributed by atoms with E-state index in [1.54, 1.807) is 11.3 Å². The normalized spacial score (nSPS) is 14.1. The topological polar surface area (TPSA) is 36.7 Å². The molecule has 0 spiro atoms. The van der Waals surface area contributed by atoms with Crippen LogP contribution in [-0.2, 0) is 12.8 Å². The first-order valence-corrected chi connectivity index (χ1v) is 6.72. The van der Waals surface area contributed by atoms with E-state index >= 15 is 0 Å². The number of hydrogen-bond donors (Lipinski definition) is 0. The molecule has 1 aliphatic carbocycles. The molecule has 0 unspecified atom stereocenters. The van der Waals surface area contributed by atoms with Crippen LogP contribution in [0.4, 0.5) is 0 Å². The van der Waals surface area contributed by atoms with Gasteiger partial charge in [-0.05, 0) is 42.9 Å². The van der Waals surface area contributed by atoms with Gasteiger partial charge in [-0.1, -0.05) is 12.1 Å². The molecule has 84 valence electrons. The SMILES string of the molecule is N#Cc1csc(-c2ccc3c(c2)CCCC3)n1. The Kier molecular flexibility index (Phi) is 2.66. The highest BCUT2D eigenvalue weighted by Crippen LogP contribution is 2.29. The molecule has 0 saturated heterocycles. The number of thiazole rings is 1. The summed E-state index contributed by atoms with van der Waals surface area (Å²) in [5, 5.41) is 11.6. The smallest absolute Gasteiger partial charge is 0.152 e. The average Bonchev–Trinajstić information content (AvgIpc) is 2.87. The molecule has 3 rings (SSSR count). The molecule has 0 radical (unpaired) electrons. The molecule has 0 aliphatic heterocycles. The molecule has 0 N–H and O–H groups in total. The molecule has 3 heteroatoms. The lowest BCUT2D eigenvalue weighted by molar-refractivity contribution is 0.686. The Bertz CT molecular complexity index is 593. The van der Waals surface area contributed by atoms with Crippen LogP contribution in [0.2, 0.25) is 0 Å². The zero-order chi connectivity index (χ0) is 11.7. The van der Waals surface area contributed by atoms with Crippen LogP contribution in [0, 0.1) is 11.3 Å². The van der Waals surface area contributed by atoms with Crippen LogP contribution in [-0.4, -0.2) is 4.98 Å². The predicted molar refractivity (Wildman–Crippen MR) is 68.9 cm³/mol. The molecule has 2 nitrogen and oxygen atoms in total. The van der Waals surface area contributed by atoms with Crippen molar-refractivity contribution in [3.05, 3.63) is 40.4 Å². The second-order valence-electron chi connectivity index (χ2n) is 4.34. The summed E-state index contributed by atoms with van der Waals surface area (Å²) in [5.41, 5.74) is 4.61. The van der Waals surface area contributed by atoms with Gasteiger partial charge in [-0.3, -0.25) is 0 Å². The maximum absolute atomic E-state index is 8.78. The molecule has 2 aromatic rings. The van der Waals surface area contributed by atoms with Crippen LogP contribution in [0.3, 0.4) is 0 Å². The van der Waals surface area contributed by atoms with E-state index in [4.69, 9.17) is 5.26 Å². The first kappa shape index (κ1) is 10.5. The number of fused-ring (bicyclic) bond motifs is 1. The molecule has 0 amide bonds. The molecule has 1 aliphatic rings. The van der Waals surface area contributed by atoms with Crippen molar-refractivity contribution in [2.24, 2.45) is 0 Å². The molecule has 0 bridgehead atoms. The minimum atomic E-state index is 0.516. The van der Waals surface area contributed by atoms with Crippen LogP contribution in [0.1, 0.15) is 29.7 Å². The first-order chi connectivity index (χ1) is 8.36. The van der Waals surface area contributed by atoms with E-state index in [9.17, 15) is 0 Å². The van der Waals surface area contributed by atoms with Crippen LogP contribution < -0.4 is 0 Å². The predicted octanol–water partition coefficient (Wildman–Crippen LogP) is 3.56. The summed E-state index contributed by atoms with van der Waals surface area (Å²) in [6.45, 7) is 0. The Hall–Kier alpha value is -1.66. The minimum absolute atomic E-state index is 0.516. The summed E-state index contributed by atoms with van der Waals surface area (Å²) in [6.07, 6.45) is 4.98. The number of aryl methyl sites for hydroxylation is 2. The molecule has 1 aromatic heterocycles. The van der Waals surface area contributed by atoms with E-state index in [1.165, 1.54) is 36.8 Å². The maximum atomic E-state index is 8.78. The van der Waals surface area contributed by atoms with Gasteiger partial charge in [-0.15, -0.1) is 11.3 Å². The van der Waals surface area contributed by atoms with E-state index in [2.05, 4.69) is 29.3 Å². The van der Waals surface area contributed by atoms with Gasteiger partial charge in [0.05, 0.1) is 0 Å². The van der Waals surface area contributed by atoms with Gasteiger partial charge in [-0.2, -0.15) is 5.26 Å². The Morgan fingerprint density at radius 1 is 1.18 bits per heavy atom. The summed E-state index contributed by atoms with van der Waals surface area (Å²) in [7, 11) is 0. The zero-order valence-electron chi connectivity index (χ0n) is 9.44. The van der Waals surface area contributed by atoms with E-state index in [0.717, 1.165) is 10.6 Å². The molecule has 1 heterocycles. The fraction of sp³-hybridized carbons (Fsp3) is 0.286. The number of nitrogens with zero attached hydrogens (tertiary/aromatic N) is 2. The Labute approximate surface area is 105 Å². The van der Waals surface area contributed by atoms with Gasteiger partial charge in [0.15, 0.2) is 5.69 Å². The molecule has 1 aromatic carbocycles. The highest BCUT2D eigenvalue weighted by Gasteiger charge is 2.11. The summed E-state index contributed by atoms with van der Waals surface area (Å²) in [4.78, 5) is 4.31. The van der Waals surface area contributed by atoms with Crippen molar-refractivity contribution >= 4 is 11.3 Å². The van der Waals surface area contributed by atoms with Gasteiger partial charge in [0.25, 0.3) is 0 Å². The number of benzene rings is 1. The van der Waals surface area contributed by atoms with Gasteiger partial charge in [0.1, 0.15) is 11.1 Å². The third-order valence-electron chi connectivity index (χ3n) is 3.21. The van der Waals surface area contributed by atoms with E-state index in [-0.39, 0.29) is 0 Å². The van der Waals surface area contributed by atoms with Crippen molar-refractivity contribution in [2.45, 2.75) is 25.7 Å². The highest BCUT2D eigenvalue weighted by molar-refractivity contribution is 7.13. The third-order valence-corrected chi connectivity index (χ3v) is 4.11. The summed E-state index contributed by atoms with van der Waals surface area (Å²) in [5.74, 6) is 0. The van der Waals surface area contributed by atoms with Crippen LogP contribution >= 0.6 is 11.3 Å². The molecule has 0 fully saturated rings. The Morgan fingerprint density at radius 3 is 2.76 bits per heavy atom. The standard InChI is InChI=1S/C14H12N2S/c15-8-13-9-17-14(16-13)12-6-5-10-3-1-2-4-11(10)7-12/h5-7,9H,1-4H2. The molecule has 17 heavy (non-hydrogen) atoms. The van der Waals surface area contributed by atoms with Crippen LogP contribution in [0.25, 0.3) is 10.6 Å². The van der Waals surface area contributed by atoms with Crippen LogP contribution in [0.15, 0.2) is 23.6 Å². The molecular formula is C14H12N2S. The number of hydrogen-bond acceptors (Lipinski definition) is 3. The Balaban J connectivity index is 2.01. The largest absolute Gasteiger partial charge is 0.225 e. The van der Waals surface area contributed by atoms with Gasteiger partial charge in [0, 0.05) is 10.9 Å². The van der Waals surface area contributed by atoms with Gasteiger partial charge < -0.3 is 0 Å². The Morgan fingerprint density at radius 2 is 2.00 bits per heavy atom. The van der Waals surface area contributed by atoms with Crippen molar-refractivity contribution in [3.8, 4) is 16.6 Å². The maximum Gasteiger partial charge on any atom is 0.152 e. The fourth-order valence-electron chi connectivity index (χ4n) is 2.32. The van der Waals surface area contributed by atoms with E-state index in [1.807, 2.05) is 5.38 Å². The monoisotopic (exact) mass is 240 g/mol. The summed E-state index contributed by atoms with van der Waals surface area (Å²) < 4.78 is 0. The number of nitriles is 1. The van der Waals surface area contributed by atoms with Crippen molar-refractivity contribution in [1.82, 2.24) is 4.98 Å². The van der Waals surface area contributed by atoms with Gasteiger partial charge >= 0.3 is 0 Å². The molecular weight excluding hydrogens is 228 g/mol. The van der Waals surface area contributed by atoms with E-state index < -0.39 is 0 Å². The third kappa shape index (κ3) is 1.96. The van der Waals surface area contributed by atoms with Gasteiger partial charge in [0.2, 0.25) is 0 Å². The second kappa shape index (κ2) is 4.31. The van der Waals surface area contributed by atoms with Crippen LogP contribution in [0.5, 0.6) is 0 Å². The number of rotatable bonds is 1.